The Balaban J connectivity index is 2.14. The lowest BCUT2D eigenvalue weighted by Gasteiger charge is -2.03. The van der Waals surface area contributed by atoms with E-state index in [1.807, 2.05) is 6.92 Å². The van der Waals surface area contributed by atoms with E-state index < -0.39 is 10.0 Å². The second-order valence-corrected chi connectivity index (χ2v) is 5.89. The van der Waals surface area contributed by atoms with Crippen molar-refractivity contribution in [3.05, 3.63) is 59.7 Å². The number of phenols is 1. The number of nitrogens with zero attached hydrogens (tertiary/aromatic N) is 1. The summed E-state index contributed by atoms with van der Waals surface area (Å²) in [5.41, 5.74) is 1.34. The van der Waals surface area contributed by atoms with Crippen LogP contribution in [-0.4, -0.2) is 19.7 Å². The average molecular weight is 290 g/mol. The first-order chi connectivity index (χ1) is 9.49. The first kappa shape index (κ1) is 14.1. The monoisotopic (exact) mass is 290 g/mol. The van der Waals surface area contributed by atoms with Gasteiger partial charge in [0, 0.05) is 5.56 Å². The highest BCUT2D eigenvalue weighted by Gasteiger charge is 2.11. The zero-order chi connectivity index (χ0) is 14.6. The van der Waals surface area contributed by atoms with E-state index in [0.29, 0.717) is 5.56 Å². The molecule has 0 aliphatic carbocycles. The molecule has 20 heavy (non-hydrogen) atoms. The Morgan fingerprint density at radius 1 is 1.15 bits per heavy atom. The maximum absolute atomic E-state index is 11.9. The van der Waals surface area contributed by atoms with Gasteiger partial charge in [-0.1, -0.05) is 24.3 Å². The number of phenolic OH excluding ortho intramolecular Hbond substituents is 1. The maximum atomic E-state index is 11.9. The van der Waals surface area contributed by atoms with Gasteiger partial charge < -0.3 is 5.11 Å². The number of aromatic hydroxyl groups is 1. The number of nitrogens with one attached hydrogen (secondary N) is 1. The number of hydrogen-bond acceptors (Lipinski definition) is 4. The number of aryl methyl sites for hydroxylation is 1. The molecule has 0 atom stereocenters. The topological polar surface area (TPSA) is 78.8 Å². The molecule has 0 aliphatic rings. The molecule has 104 valence electrons. The normalized spacial score (nSPS) is 11.7. The minimum absolute atomic E-state index is 0.0488. The van der Waals surface area contributed by atoms with Crippen molar-refractivity contribution in [3.63, 3.8) is 0 Å². The van der Waals surface area contributed by atoms with E-state index >= 15 is 0 Å². The number of sulfonamides is 1. The van der Waals surface area contributed by atoms with Crippen molar-refractivity contribution < 1.29 is 13.5 Å². The van der Waals surface area contributed by atoms with Gasteiger partial charge in [-0.3, -0.25) is 0 Å². The Kier molecular flexibility index (Phi) is 4.05. The van der Waals surface area contributed by atoms with E-state index in [9.17, 15) is 13.5 Å². The minimum Gasteiger partial charge on any atom is -0.507 e. The third-order valence-corrected chi connectivity index (χ3v) is 3.85. The van der Waals surface area contributed by atoms with Crippen molar-refractivity contribution in [2.24, 2.45) is 5.10 Å². The molecule has 5 nitrogen and oxygen atoms in total. The fourth-order valence-corrected chi connectivity index (χ4v) is 2.39. The largest absolute Gasteiger partial charge is 0.507 e. The minimum atomic E-state index is -3.68. The van der Waals surface area contributed by atoms with Crippen LogP contribution >= 0.6 is 0 Å². The molecule has 0 heterocycles. The van der Waals surface area contributed by atoms with E-state index in [0.717, 1.165) is 5.56 Å². The van der Waals surface area contributed by atoms with Crippen LogP contribution in [0.3, 0.4) is 0 Å². The summed E-state index contributed by atoms with van der Waals surface area (Å²) in [6, 6.07) is 13.0. The van der Waals surface area contributed by atoms with Gasteiger partial charge in [-0.15, -0.1) is 0 Å². The predicted octanol–water partition coefficient (Wildman–Crippen LogP) is 2.01. The number of benzene rings is 2. The van der Waals surface area contributed by atoms with Gasteiger partial charge in [0.2, 0.25) is 0 Å². The molecule has 0 amide bonds. The molecule has 6 heteroatoms. The van der Waals surface area contributed by atoms with Gasteiger partial charge in [-0.25, -0.2) is 4.83 Å². The molecule has 0 unspecified atom stereocenters. The van der Waals surface area contributed by atoms with Crippen LogP contribution in [0.1, 0.15) is 11.1 Å². The van der Waals surface area contributed by atoms with Gasteiger partial charge in [0.1, 0.15) is 5.75 Å². The molecular formula is C14H14N2O3S. The van der Waals surface area contributed by atoms with Gasteiger partial charge in [-0.2, -0.15) is 13.5 Å². The first-order valence-electron chi connectivity index (χ1n) is 5.88. The van der Waals surface area contributed by atoms with E-state index in [4.69, 9.17) is 0 Å². The van der Waals surface area contributed by atoms with Crippen molar-refractivity contribution in [2.75, 3.05) is 0 Å². The SMILES string of the molecule is Cc1ccc(/C=N/NS(=O)(=O)c2ccccc2)c(O)c1. The summed E-state index contributed by atoms with van der Waals surface area (Å²) < 4.78 is 23.7. The summed E-state index contributed by atoms with van der Waals surface area (Å²) in [5.74, 6) is 0.0488. The van der Waals surface area contributed by atoms with Gasteiger partial charge >= 0.3 is 0 Å². The second-order valence-electron chi connectivity index (χ2n) is 4.23. The average Bonchev–Trinajstić information content (AvgIpc) is 2.42. The lowest BCUT2D eigenvalue weighted by molar-refractivity contribution is 0.474. The van der Waals surface area contributed by atoms with Crippen LogP contribution < -0.4 is 4.83 Å². The van der Waals surface area contributed by atoms with Crippen LogP contribution in [0.5, 0.6) is 5.75 Å². The van der Waals surface area contributed by atoms with Gasteiger partial charge in [0.15, 0.2) is 0 Å². The van der Waals surface area contributed by atoms with Crippen LogP contribution in [0.2, 0.25) is 0 Å². The fourth-order valence-electron chi connectivity index (χ4n) is 1.58. The molecule has 0 aliphatic heterocycles. The molecule has 0 radical (unpaired) electrons. The van der Waals surface area contributed by atoms with Crippen molar-refractivity contribution in [1.29, 1.82) is 0 Å². The maximum Gasteiger partial charge on any atom is 0.276 e. The van der Waals surface area contributed by atoms with E-state index in [1.165, 1.54) is 18.3 Å². The molecule has 0 bridgehead atoms. The zero-order valence-electron chi connectivity index (χ0n) is 10.8. The summed E-state index contributed by atoms with van der Waals surface area (Å²) in [6.07, 6.45) is 1.26. The Hall–Kier alpha value is -2.34. The Labute approximate surface area is 117 Å². The lowest BCUT2D eigenvalue weighted by Crippen LogP contribution is -2.18. The first-order valence-corrected chi connectivity index (χ1v) is 7.37. The molecule has 0 aromatic heterocycles. The second kappa shape index (κ2) is 5.75. The lowest BCUT2D eigenvalue weighted by atomic mass is 10.1. The zero-order valence-corrected chi connectivity index (χ0v) is 11.6. The Bertz CT molecular complexity index is 725. The summed E-state index contributed by atoms with van der Waals surface area (Å²) in [6.45, 7) is 1.85. The fraction of sp³-hybridized carbons (Fsp3) is 0.0714. The molecule has 2 aromatic rings. The Morgan fingerprint density at radius 2 is 1.85 bits per heavy atom. The highest BCUT2D eigenvalue weighted by Crippen LogP contribution is 2.16. The molecule has 0 saturated carbocycles. The molecule has 2 N–H and O–H groups in total. The molecule has 2 rings (SSSR count). The van der Waals surface area contributed by atoms with E-state index in [1.54, 1.807) is 36.4 Å². The molecule has 0 spiro atoms. The van der Waals surface area contributed by atoms with Gasteiger partial charge in [-0.05, 0) is 36.8 Å². The van der Waals surface area contributed by atoms with Crippen LogP contribution in [0.25, 0.3) is 0 Å². The highest BCUT2D eigenvalue weighted by atomic mass is 32.2. The number of rotatable bonds is 4. The quantitative estimate of drug-likeness (QED) is 0.668. The van der Waals surface area contributed by atoms with Crippen LogP contribution in [0.4, 0.5) is 0 Å². The summed E-state index contributed by atoms with van der Waals surface area (Å²) >= 11 is 0. The third kappa shape index (κ3) is 3.36. The van der Waals surface area contributed by atoms with Crippen LogP contribution in [0.15, 0.2) is 58.5 Å². The number of hydrogen-bond donors (Lipinski definition) is 2. The standard InChI is InChI=1S/C14H14N2O3S/c1-11-7-8-12(14(17)9-11)10-15-16-20(18,19)13-5-3-2-4-6-13/h2-10,16-17H,1H3/b15-10+. The van der Waals surface area contributed by atoms with Crippen LogP contribution in [-0.2, 0) is 10.0 Å². The summed E-state index contributed by atoms with van der Waals surface area (Å²) in [7, 11) is -3.68. The summed E-state index contributed by atoms with van der Waals surface area (Å²) in [4.78, 5) is 2.23. The highest BCUT2D eigenvalue weighted by molar-refractivity contribution is 7.89. The molecule has 0 saturated heterocycles. The summed E-state index contributed by atoms with van der Waals surface area (Å²) in [5, 5.41) is 13.3. The number of hydrazone groups is 1. The Morgan fingerprint density at radius 3 is 2.50 bits per heavy atom. The smallest absolute Gasteiger partial charge is 0.276 e. The van der Waals surface area contributed by atoms with Gasteiger partial charge in [0.25, 0.3) is 10.0 Å². The predicted molar refractivity (Wildman–Crippen MR) is 77.2 cm³/mol. The van der Waals surface area contributed by atoms with Crippen molar-refractivity contribution >= 4 is 16.2 Å². The van der Waals surface area contributed by atoms with Crippen molar-refractivity contribution in [3.8, 4) is 5.75 Å². The molecule has 2 aromatic carbocycles. The van der Waals surface area contributed by atoms with E-state index in [-0.39, 0.29) is 10.6 Å². The molecule has 0 fully saturated rings. The van der Waals surface area contributed by atoms with Crippen molar-refractivity contribution in [1.82, 2.24) is 4.83 Å². The van der Waals surface area contributed by atoms with Crippen molar-refractivity contribution in [2.45, 2.75) is 11.8 Å². The van der Waals surface area contributed by atoms with Gasteiger partial charge in [0.05, 0.1) is 11.1 Å². The molecular weight excluding hydrogens is 276 g/mol. The third-order valence-electron chi connectivity index (χ3n) is 2.62. The van der Waals surface area contributed by atoms with E-state index in [2.05, 4.69) is 9.93 Å². The van der Waals surface area contributed by atoms with Crippen LogP contribution in [0, 0.1) is 6.92 Å².